The molecule has 1 amide bonds. The van der Waals surface area contributed by atoms with Gasteiger partial charge in [0.05, 0.1) is 16.3 Å². The number of nitrogens with zero attached hydrogens (tertiary/aromatic N) is 2. The molecule has 19 heavy (non-hydrogen) atoms. The molecule has 1 fully saturated rings. The van der Waals surface area contributed by atoms with E-state index in [1.165, 1.54) is 0 Å². The van der Waals surface area contributed by atoms with E-state index in [0.29, 0.717) is 30.1 Å². The molecule has 0 bridgehead atoms. The highest BCUT2D eigenvalue weighted by molar-refractivity contribution is 6.34. The molecule has 5 heteroatoms. The summed E-state index contributed by atoms with van der Waals surface area (Å²) in [5, 5.41) is 12.6. The lowest BCUT2D eigenvalue weighted by atomic mass is 9.97. The zero-order valence-corrected chi connectivity index (χ0v) is 11.8. The number of carbonyl (C=O) groups excluding carboxylic acids is 1. The number of aryl methyl sites for hydroxylation is 1. The Labute approximate surface area is 117 Å². The maximum absolute atomic E-state index is 12.5. The fraction of sp³-hybridized carbons (Fsp3) is 0.429. The lowest BCUT2D eigenvalue weighted by molar-refractivity contribution is 0.0734. The monoisotopic (exact) mass is 280 g/mol. The summed E-state index contributed by atoms with van der Waals surface area (Å²) >= 11 is 6.19. The highest BCUT2D eigenvalue weighted by Gasteiger charge is 2.27. The van der Waals surface area contributed by atoms with Crippen LogP contribution in [0.1, 0.15) is 29.3 Å². The molecule has 0 spiro atoms. The van der Waals surface area contributed by atoms with Gasteiger partial charge in [0.15, 0.2) is 0 Å². The van der Waals surface area contributed by atoms with Crippen LogP contribution in [-0.4, -0.2) is 34.8 Å². The molecular weight excluding hydrogens is 264 g/mol. The molecule has 1 aliphatic heterocycles. The molecule has 1 atom stereocenters. The van der Waals surface area contributed by atoms with Crippen LogP contribution in [0.2, 0.25) is 5.02 Å². The molecule has 1 unspecified atom stereocenters. The maximum Gasteiger partial charge on any atom is 0.255 e. The molecule has 4 nitrogen and oxygen atoms in total. The van der Waals surface area contributed by atoms with Crippen LogP contribution in [0.5, 0.6) is 0 Å². The van der Waals surface area contributed by atoms with Crippen LogP contribution in [0.4, 0.5) is 0 Å². The molecule has 1 saturated heterocycles. The normalized spacial score (nSPS) is 21.7. The minimum Gasteiger partial charge on any atom is -0.411 e. The first-order chi connectivity index (χ1) is 9.04. The van der Waals surface area contributed by atoms with E-state index in [-0.39, 0.29) is 11.8 Å². The highest BCUT2D eigenvalue weighted by atomic mass is 35.5. The van der Waals surface area contributed by atoms with Gasteiger partial charge in [-0.25, -0.2) is 0 Å². The van der Waals surface area contributed by atoms with Crippen molar-refractivity contribution in [2.24, 2.45) is 11.1 Å². The summed E-state index contributed by atoms with van der Waals surface area (Å²) in [6.07, 6.45) is 0.604. The van der Waals surface area contributed by atoms with E-state index in [4.69, 9.17) is 16.8 Å². The molecule has 102 valence electrons. The van der Waals surface area contributed by atoms with Gasteiger partial charge in [0, 0.05) is 25.4 Å². The largest absolute Gasteiger partial charge is 0.411 e. The molecule has 1 aromatic rings. The Balaban J connectivity index is 2.19. The average Bonchev–Trinajstić information content (AvgIpc) is 2.41. The predicted molar refractivity (Wildman–Crippen MR) is 75.1 cm³/mol. The third-order valence-corrected chi connectivity index (χ3v) is 4.04. The van der Waals surface area contributed by atoms with Crippen molar-refractivity contribution in [3.8, 4) is 0 Å². The van der Waals surface area contributed by atoms with Gasteiger partial charge in [-0.15, -0.1) is 0 Å². The van der Waals surface area contributed by atoms with Gasteiger partial charge >= 0.3 is 0 Å². The van der Waals surface area contributed by atoms with Crippen LogP contribution in [0.15, 0.2) is 23.4 Å². The number of rotatable bonds is 1. The van der Waals surface area contributed by atoms with Crippen molar-refractivity contribution in [3.05, 3.63) is 34.3 Å². The fourth-order valence-electron chi connectivity index (χ4n) is 2.34. The van der Waals surface area contributed by atoms with E-state index in [1.54, 1.807) is 11.0 Å². The van der Waals surface area contributed by atoms with E-state index in [2.05, 4.69) is 5.16 Å². The van der Waals surface area contributed by atoms with Crippen LogP contribution in [-0.2, 0) is 0 Å². The molecule has 1 aliphatic rings. The zero-order valence-electron chi connectivity index (χ0n) is 11.1. The van der Waals surface area contributed by atoms with Crippen molar-refractivity contribution in [2.75, 3.05) is 13.1 Å². The van der Waals surface area contributed by atoms with Crippen molar-refractivity contribution in [1.29, 1.82) is 0 Å². The van der Waals surface area contributed by atoms with Crippen molar-refractivity contribution >= 4 is 23.2 Å². The summed E-state index contributed by atoms with van der Waals surface area (Å²) in [5.74, 6) is 0.0174. The van der Waals surface area contributed by atoms with Crippen LogP contribution < -0.4 is 0 Å². The standard InChI is InChI=1S/C14H17ClN2O2/c1-9-4-3-5-11(13(9)15)14(18)17-7-6-12(16-19)10(2)8-17/h3-5,10,19H,6-8H2,1-2H3/b16-12+. The fourth-order valence-corrected chi connectivity index (χ4v) is 2.55. The first-order valence-corrected chi connectivity index (χ1v) is 6.67. The second-order valence-electron chi connectivity index (χ2n) is 4.93. The van der Waals surface area contributed by atoms with E-state index < -0.39 is 0 Å². The number of carbonyl (C=O) groups is 1. The number of halogens is 1. The third kappa shape index (κ3) is 2.73. The van der Waals surface area contributed by atoms with Gasteiger partial charge in [0.2, 0.25) is 0 Å². The summed E-state index contributed by atoms with van der Waals surface area (Å²) in [4.78, 5) is 14.2. The second kappa shape index (κ2) is 5.61. The quantitative estimate of drug-likeness (QED) is 0.635. The Morgan fingerprint density at radius 2 is 2.26 bits per heavy atom. The van der Waals surface area contributed by atoms with Crippen LogP contribution in [0.3, 0.4) is 0 Å². The summed E-state index contributed by atoms with van der Waals surface area (Å²) in [7, 11) is 0. The topological polar surface area (TPSA) is 52.9 Å². The molecule has 0 saturated carbocycles. The van der Waals surface area contributed by atoms with Crippen molar-refractivity contribution in [3.63, 3.8) is 0 Å². The highest BCUT2D eigenvalue weighted by Crippen LogP contribution is 2.24. The minimum absolute atomic E-state index is 0.0578. The van der Waals surface area contributed by atoms with Crippen molar-refractivity contribution < 1.29 is 10.0 Å². The van der Waals surface area contributed by atoms with Gasteiger partial charge in [-0.2, -0.15) is 0 Å². The predicted octanol–water partition coefficient (Wildman–Crippen LogP) is 2.96. The van der Waals surface area contributed by atoms with Crippen LogP contribution >= 0.6 is 11.6 Å². The molecule has 2 rings (SSSR count). The Morgan fingerprint density at radius 3 is 2.89 bits per heavy atom. The number of amides is 1. The van der Waals surface area contributed by atoms with E-state index in [0.717, 1.165) is 11.3 Å². The first kappa shape index (κ1) is 13.9. The van der Waals surface area contributed by atoms with E-state index in [1.807, 2.05) is 26.0 Å². The number of piperidine rings is 1. The van der Waals surface area contributed by atoms with Crippen LogP contribution in [0, 0.1) is 12.8 Å². The SMILES string of the molecule is Cc1cccc(C(=O)N2CC/C(=N\O)C(C)C2)c1Cl. The van der Waals surface area contributed by atoms with E-state index >= 15 is 0 Å². The van der Waals surface area contributed by atoms with Crippen molar-refractivity contribution in [1.82, 2.24) is 4.90 Å². The Morgan fingerprint density at radius 1 is 1.53 bits per heavy atom. The van der Waals surface area contributed by atoms with Gasteiger partial charge in [-0.3, -0.25) is 4.79 Å². The molecule has 1 aromatic carbocycles. The summed E-state index contributed by atoms with van der Waals surface area (Å²) in [5.41, 5.74) is 2.19. The Kier molecular flexibility index (Phi) is 4.10. The molecule has 0 radical (unpaired) electrons. The zero-order chi connectivity index (χ0) is 14.0. The molecule has 0 aliphatic carbocycles. The van der Waals surface area contributed by atoms with E-state index in [9.17, 15) is 4.79 Å². The summed E-state index contributed by atoms with van der Waals surface area (Å²) in [6.45, 7) is 4.95. The molecule has 1 heterocycles. The lowest BCUT2D eigenvalue weighted by Crippen LogP contribution is -2.43. The molecule has 1 N–H and O–H groups in total. The second-order valence-corrected chi connectivity index (χ2v) is 5.31. The summed E-state index contributed by atoms with van der Waals surface area (Å²) in [6, 6.07) is 5.47. The summed E-state index contributed by atoms with van der Waals surface area (Å²) < 4.78 is 0. The maximum atomic E-state index is 12.5. The number of hydrogen-bond acceptors (Lipinski definition) is 3. The smallest absolute Gasteiger partial charge is 0.255 e. The Bertz CT molecular complexity index is 528. The number of benzene rings is 1. The first-order valence-electron chi connectivity index (χ1n) is 6.29. The number of oxime groups is 1. The van der Waals surface area contributed by atoms with Gasteiger partial charge in [-0.1, -0.05) is 35.8 Å². The Hall–Kier alpha value is -1.55. The molecule has 0 aromatic heterocycles. The average molecular weight is 281 g/mol. The van der Waals surface area contributed by atoms with Gasteiger partial charge in [-0.05, 0) is 18.6 Å². The third-order valence-electron chi connectivity index (χ3n) is 3.54. The van der Waals surface area contributed by atoms with Gasteiger partial charge < -0.3 is 10.1 Å². The molecular formula is C14H17ClN2O2. The van der Waals surface area contributed by atoms with Crippen LogP contribution in [0.25, 0.3) is 0 Å². The van der Waals surface area contributed by atoms with Gasteiger partial charge in [0.25, 0.3) is 5.91 Å². The lowest BCUT2D eigenvalue weighted by Gasteiger charge is -2.31. The van der Waals surface area contributed by atoms with Crippen molar-refractivity contribution in [2.45, 2.75) is 20.3 Å². The number of likely N-dealkylation sites (tertiary alicyclic amines) is 1. The number of hydrogen-bond donors (Lipinski definition) is 1. The van der Waals surface area contributed by atoms with Gasteiger partial charge in [0.1, 0.15) is 0 Å². The minimum atomic E-state index is -0.0578.